The molecule has 1 aromatic carbocycles. The van der Waals surface area contributed by atoms with E-state index in [0.717, 1.165) is 18.5 Å². The van der Waals surface area contributed by atoms with Gasteiger partial charge in [0, 0.05) is 23.0 Å². The van der Waals surface area contributed by atoms with E-state index >= 15 is 0 Å². The first-order valence-electron chi connectivity index (χ1n) is 8.26. The maximum atomic E-state index is 13.3. The van der Waals surface area contributed by atoms with Crippen LogP contribution in [0.1, 0.15) is 16.8 Å². The second kappa shape index (κ2) is 8.12. The number of fused-ring (bicyclic) bond motifs is 1. The molecule has 32 heavy (non-hydrogen) atoms. The number of benzene rings is 1. The van der Waals surface area contributed by atoms with Gasteiger partial charge in [-0.25, -0.2) is 31.5 Å². The van der Waals surface area contributed by atoms with Crippen LogP contribution in [0, 0.1) is 0 Å². The van der Waals surface area contributed by atoms with Gasteiger partial charge in [0.1, 0.15) is 4.91 Å². The summed E-state index contributed by atoms with van der Waals surface area (Å²) in [5, 5.41) is -0.546. The molecule has 1 aliphatic rings. The van der Waals surface area contributed by atoms with Crippen LogP contribution in [0.3, 0.4) is 0 Å². The average Bonchev–Trinajstić information content (AvgIpc) is 2.64. The minimum Gasteiger partial charge on any atom is -0.379 e. The van der Waals surface area contributed by atoms with Crippen molar-refractivity contribution in [1.82, 2.24) is 9.97 Å². The summed E-state index contributed by atoms with van der Waals surface area (Å²) in [5.74, 6) is -1.72. The third-order valence-electron chi connectivity index (χ3n) is 3.96. The van der Waals surface area contributed by atoms with E-state index in [1.165, 1.54) is 0 Å². The summed E-state index contributed by atoms with van der Waals surface area (Å²) in [7, 11) is -9.61. The van der Waals surface area contributed by atoms with Crippen molar-refractivity contribution in [3.05, 3.63) is 52.4 Å². The predicted octanol–water partition coefficient (Wildman–Crippen LogP) is 3.37. The minimum atomic E-state index is -5.14. The van der Waals surface area contributed by atoms with E-state index in [1.54, 1.807) is 0 Å². The van der Waals surface area contributed by atoms with Gasteiger partial charge in [0.2, 0.25) is 0 Å². The standard InChI is InChI=1S/C16H11ClF5N3O5S2/c1-31(26,27)30-13-12-15(24-5-4-23-12)25(7-11(18)19)32(28,29)14(13)9-6-8(16(20,21)22)2-3-10(9)17/h2-6,11H,7H2,1H3. The molecule has 0 fully saturated rings. The van der Waals surface area contributed by atoms with Gasteiger partial charge in [0.15, 0.2) is 17.3 Å². The van der Waals surface area contributed by atoms with E-state index in [1.807, 2.05) is 0 Å². The smallest absolute Gasteiger partial charge is 0.379 e. The fourth-order valence-electron chi connectivity index (χ4n) is 2.80. The fourth-order valence-corrected chi connectivity index (χ4v) is 5.29. The molecule has 0 amide bonds. The summed E-state index contributed by atoms with van der Waals surface area (Å²) < 4.78 is 121. The van der Waals surface area contributed by atoms with E-state index in [4.69, 9.17) is 15.8 Å². The lowest BCUT2D eigenvalue weighted by molar-refractivity contribution is -0.137. The lowest BCUT2D eigenvalue weighted by atomic mass is 10.1. The van der Waals surface area contributed by atoms with Crippen molar-refractivity contribution in [1.29, 1.82) is 0 Å². The molecule has 3 rings (SSSR count). The molecule has 2 aromatic rings. The molecule has 174 valence electrons. The van der Waals surface area contributed by atoms with Crippen LogP contribution < -0.4 is 4.31 Å². The van der Waals surface area contributed by atoms with Crippen molar-refractivity contribution in [3.63, 3.8) is 0 Å². The van der Waals surface area contributed by atoms with Gasteiger partial charge >= 0.3 is 16.3 Å². The number of anilines is 1. The number of halogens is 6. The first-order chi connectivity index (χ1) is 14.6. The summed E-state index contributed by atoms with van der Waals surface area (Å²) in [6, 6.07) is 1.62. The summed E-state index contributed by atoms with van der Waals surface area (Å²) in [4.78, 5) is 6.24. The van der Waals surface area contributed by atoms with Gasteiger partial charge in [0.05, 0.1) is 18.4 Å². The monoisotopic (exact) mass is 519 g/mol. The molecular weight excluding hydrogens is 509 g/mol. The Morgan fingerprint density at radius 1 is 1.19 bits per heavy atom. The van der Waals surface area contributed by atoms with Crippen molar-refractivity contribution < 1.29 is 43.0 Å². The first-order valence-corrected chi connectivity index (χ1v) is 11.9. The second-order valence-corrected chi connectivity index (χ2v) is 10.1. The number of aromatic nitrogens is 2. The lowest BCUT2D eigenvalue weighted by Crippen LogP contribution is -2.40. The molecule has 0 atom stereocenters. The molecule has 16 heteroatoms. The number of hydrogen-bond donors (Lipinski definition) is 0. The second-order valence-electron chi connectivity index (χ2n) is 6.29. The zero-order valence-electron chi connectivity index (χ0n) is 15.6. The van der Waals surface area contributed by atoms with Gasteiger partial charge in [-0.1, -0.05) is 11.6 Å². The number of sulfonamides is 1. The predicted molar refractivity (Wildman–Crippen MR) is 103 cm³/mol. The highest BCUT2D eigenvalue weighted by atomic mass is 35.5. The molecule has 0 spiro atoms. The Bertz CT molecular complexity index is 1310. The van der Waals surface area contributed by atoms with Crippen molar-refractivity contribution in [2.24, 2.45) is 0 Å². The normalized spacial score (nSPS) is 16.3. The number of rotatable bonds is 5. The number of nitrogens with zero attached hydrogens (tertiary/aromatic N) is 3. The molecule has 8 nitrogen and oxygen atoms in total. The van der Waals surface area contributed by atoms with Crippen LogP contribution in [-0.4, -0.2) is 46.0 Å². The molecule has 2 heterocycles. The van der Waals surface area contributed by atoms with Gasteiger partial charge in [-0.05, 0) is 18.2 Å². The summed E-state index contributed by atoms with van der Waals surface area (Å²) >= 11 is 5.95. The van der Waals surface area contributed by atoms with Crippen LogP contribution in [0.15, 0.2) is 30.6 Å². The molecule has 0 saturated heterocycles. The highest BCUT2D eigenvalue weighted by Crippen LogP contribution is 2.45. The third-order valence-corrected chi connectivity index (χ3v) is 6.58. The third kappa shape index (κ3) is 4.63. The maximum Gasteiger partial charge on any atom is 0.416 e. The van der Waals surface area contributed by atoms with E-state index < -0.39 is 77.6 Å². The molecule has 0 bridgehead atoms. The minimum absolute atomic E-state index is 0.0983. The van der Waals surface area contributed by atoms with Crippen LogP contribution in [0.4, 0.5) is 27.8 Å². The van der Waals surface area contributed by atoms with Gasteiger partial charge in [0.25, 0.3) is 16.4 Å². The SMILES string of the molecule is CS(=O)(=O)OC1=C(c2cc(C(F)(F)F)ccc2Cl)S(=O)(=O)N(CC(F)F)c2nccnc21. The zero-order valence-corrected chi connectivity index (χ0v) is 18.0. The van der Waals surface area contributed by atoms with E-state index in [-0.39, 0.29) is 4.31 Å². The molecule has 0 radical (unpaired) electrons. The summed E-state index contributed by atoms with van der Waals surface area (Å²) in [5.41, 5.74) is -2.75. The van der Waals surface area contributed by atoms with Gasteiger partial charge in [-0.2, -0.15) is 21.6 Å². The summed E-state index contributed by atoms with van der Waals surface area (Å²) in [6.45, 7) is -1.44. The molecule has 1 aromatic heterocycles. The Morgan fingerprint density at radius 3 is 2.38 bits per heavy atom. The van der Waals surface area contributed by atoms with Crippen molar-refractivity contribution >= 4 is 48.2 Å². The van der Waals surface area contributed by atoms with Crippen LogP contribution in [0.5, 0.6) is 0 Å². The lowest BCUT2D eigenvalue weighted by Gasteiger charge is -2.31. The Balaban J connectivity index is 2.47. The van der Waals surface area contributed by atoms with Crippen LogP contribution in [-0.2, 0) is 30.5 Å². The van der Waals surface area contributed by atoms with Crippen LogP contribution in [0.25, 0.3) is 10.7 Å². The molecule has 0 aliphatic carbocycles. The van der Waals surface area contributed by atoms with Crippen LogP contribution in [0.2, 0.25) is 5.02 Å². The van der Waals surface area contributed by atoms with Gasteiger partial charge in [-0.15, -0.1) is 0 Å². The average molecular weight is 520 g/mol. The molecule has 0 unspecified atom stereocenters. The van der Waals surface area contributed by atoms with E-state index in [0.29, 0.717) is 18.4 Å². The van der Waals surface area contributed by atoms with Crippen molar-refractivity contribution in [3.8, 4) is 0 Å². The van der Waals surface area contributed by atoms with Crippen molar-refractivity contribution in [2.45, 2.75) is 12.6 Å². The van der Waals surface area contributed by atoms with Gasteiger partial charge in [-0.3, -0.25) is 0 Å². The van der Waals surface area contributed by atoms with Gasteiger partial charge < -0.3 is 4.18 Å². The Labute approximate surface area is 183 Å². The van der Waals surface area contributed by atoms with Crippen molar-refractivity contribution in [2.75, 3.05) is 17.1 Å². The number of alkyl halides is 5. The Kier molecular flexibility index (Phi) is 6.12. The Morgan fingerprint density at radius 2 is 1.81 bits per heavy atom. The maximum absolute atomic E-state index is 13.3. The topological polar surface area (TPSA) is 107 Å². The molecule has 1 aliphatic heterocycles. The zero-order chi connectivity index (χ0) is 24.1. The van der Waals surface area contributed by atoms with Crippen LogP contribution >= 0.6 is 11.6 Å². The highest BCUT2D eigenvalue weighted by molar-refractivity contribution is 8.02. The largest absolute Gasteiger partial charge is 0.416 e. The number of hydrogen-bond acceptors (Lipinski definition) is 7. The quantitative estimate of drug-likeness (QED) is 0.440. The summed E-state index contributed by atoms with van der Waals surface area (Å²) in [6.07, 6.45) is -5.69. The Hall–Kier alpha value is -2.52. The fraction of sp³-hybridized carbons (Fsp3) is 0.250. The molecular formula is C16H11ClF5N3O5S2. The molecule has 0 N–H and O–H groups in total. The first kappa shape index (κ1) is 24.1. The van der Waals surface area contributed by atoms with E-state index in [2.05, 4.69) is 9.97 Å². The molecule has 0 saturated carbocycles. The highest BCUT2D eigenvalue weighted by Gasteiger charge is 2.44. The van der Waals surface area contributed by atoms with E-state index in [9.17, 15) is 38.8 Å².